The van der Waals surface area contributed by atoms with Gasteiger partial charge >= 0.3 is 0 Å². The van der Waals surface area contributed by atoms with Crippen LogP contribution in [0.2, 0.25) is 0 Å². The van der Waals surface area contributed by atoms with E-state index in [1.807, 2.05) is 43.3 Å². The Bertz CT molecular complexity index is 1010. The summed E-state index contributed by atoms with van der Waals surface area (Å²) in [6, 6.07) is 24.5. The second kappa shape index (κ2) is 10.3. The summed E-state index contributed by atoms with van der Waals surface area (Å²) in [5.74, 6) is -0.0226. The van der Waals surface area contributed by atoms with Gasteiger partial charge in [0.2, 0.25) is 0 Å². The van der Waals surface area contributed by atoms with Gasteiger partial charge in [0.05, 0.1) is 18.8 Å². The third kappa shape index (κ3) is 5.53. The molecule has 31 heavy (non-hydrogen) atoms. The Morgan fingerprint density at radius 3 is 2.39 bits per heavy atom. The molecule has 3 aromatic rings. The van der Waals surface area contributed by atoms with Crippen LogP contribution in [0, 0.1) is 6.92 Å². The van der Waals surface area contributed by atoms with Crippen LogP contribution < -0.4 is 10.2 Å². The fourth-order valence-electron chi connectivity index (χ4n) is 4.06. The molecule has 0 atom stereocenters. The lowest BCUT2D eigenvalue weighted by Gasteiger charge is -2.21. The molecule has 1 amide bonds. The third-order valence-electron chi connectivity index (χ3n) is 5.77. The van der Waals surface area contributed by atoms with E-state index in [1.54, 1.807) is 0 Å². The van der Waals surface area contributed by atoms with Gasteiger partial charge in [-0.2, -0.15) is 0 Å². The van der Waals surface area contributed by atoms with E-state index in [1.165, 1.54) is 12.8 Å². The van der Waals surface area contributed by atoms with Crippen molar-refractivity contribution in [3.05, 3.63) is 101 Å². The monoisotopic (exact) mass is 414 g/mol. The van der Waals surface area contributed by atoms with Crippen molar-refractivity contribution in [3.8, 4) is 0 Å². The van der Waals surface area contributed by atoms with Gasteiger partial charge in [-0.3, -0.25) is 4.79 Å². The van der Waals surface area contributed by atoms with E-state index in [0.717, 1.165) is 46.6 Å². The molecule has 0 saturated carbocycles. The number of benzene rings is 3. The number of hydrogen-bond donors (Lipinski definition) is 1. The molecule has 3 aromatic carbocycles. The lowest BCUT2D eigenvalue weighted by Crippen LogP contribution is -2.27. The van der Waals surface area contributed by atoms with E-state index in [4.69, 9.17) is 4.74 Å². The molecule has 1 fully saturated rings. The summed E-state index contributed by atoms with van der Waals surface area (Å²) in [6.45, 7) is 5.64. The second-order valence-electron chi connectivity index (χ2n) is 8.14. The van der Waals surface area contributed by atoms with Crippen molar-refractivity contribution in [2.24, 2.45) is 0 Å². The molecule has 1 saturated heterocycles. The van der Waals surface area contributed by atoms with Gasteiger partial charge in [-0.05, 0) is 48.6 Å². The molecule has 4 nitrogen and oxygen atoms in total. The normalized spacial score (nSPS) is 13.4. The van der Waals surface area contributed by atoms with Crippen LogP contribution in [-0.2, 0) is 24.5 Å². The fourth-order valence-corrected chi connectivity index (χ4v) is 4.06. The summed E-state index contributed by atoms with van der Waals surface area (Å²) < 4.78 is 5.92. The Kier molecular flexibility index (Phi) is 7.00. The highest BCUT2D eigenvalue weighted by atomic mass is 16.5. The molecule has 0 aromatic heterocycles. The summed E-state index contributed by atoms with van der Waals surface area (Å²) in [7, 11) is 0. The number of ether oxygens (including phenoxy) is 1. The average molecular weight is 415 g/mol. The van der Waals surface area contributed by atoms with Crippen LogP contribution in [0.5, 0.6) is 0 Å². The first-order valence-electron chi connectivity index (χ1n) is 11.0. The Morgan fingerprint density at radius 2 is 1.61 bits per heavy atom. The maximum atomic E-state index is 13.1. The topological polar surface area (TPSA) is 41.6 Å². The highest BCUT2D eigenvalue weighted by Crippen LogP contribution is 2.26. The maximum absolute atomic E-state index is 13.1. The lowest BCUT2D eigenvalue weighted by atomic mass is 10.1. The number of anilines is 1. The minimum Gasteiger partial charge on any atom is -0.372 e. The van der Waals surface area contributed by atoms with Crippen molar-refractivity contribution in [1.29, 1.82) is 0 Å². The van der Waals surface area contributed by atoms with Gasteiger partial charge < -0.3 is 15.0 Å². The molecular weight excluding hydrogens is 384 g/mol. The average Bonchev–Trinajstić information content (AvgIpc) is 3.33. The van der Waals surface area contributed by atoms with E-state index in [2.05, 4.69) is 46.6 Å². The van der Waals surface area contributed by atoms with Crippen molar-refractivity contribution < 1.29 is 9.53 Å². The maximum Gasteiger partial charge on any atom is 0.253 e. The molecule has 1 aliphatic heterocycles. The van der Waals surface area contributed by atoms with Crippen molar-refractivity contribution in [3.63, 3.8) is 0 Å². The molecule has 1 heterocycles. The van der Waals surface area contributed by atoms with Crippen molar-refractivity contribution in [2.75, 3.05) is 18.0 Å². The Balaban J connectivity index is 1.40. The SMILES string of the molecule is Cc1ccc(N2CCCC2)c(C(=O)NCc2ccccc2COCc2ccccc2)c1. The van der Waals surface area contributed by atoms with Gasteiger partial charge in [-0.25, -0.2) is 0 Å². The lowest BCUT2D eigenvalue weighted by molar-refractivity contribution is 0.0948. The minimum atomic E-state index is -0.0226. The number of rotatable bonds is 8. The van der Waals surface area contributed by atoms with Gasteiger partial charge in [-0.15, -0.1) is 0 Å². The van der Waals surface area contributed by atoms with Gasteiger partial charge in [-0.1, -0.05) is 66.2 Å². The van der Waals surface area contributed by atoms with Crippen molar-refractivity contribution >= 4 is 11.6 Å². The zero-order valence-electron chi connectivity index (χ0n) is 18.1. The Morgan fingerprint density at radius 1 is 0.903 bits per heavy atom. The molecule has 4 rings (SSSR count). The van der Waals surface area contributed by atoms with Gasteiger partial charge in [0.15, 0.2) is 0 Å². The molecule has 0 unspecified atom stereocenters. The first-order valence-corrected chi connectivity index (χ1v) is 11.0. The first kappa shape index (κ1) is 21.1. The number of carbonyl (C=O) groups is 1. The van der Waals surface area contributed by atoms with Crippen LogP contribution in [0.3, 0.4) is 0 Å². The first-order chi connectivity index (χ1) is 15.2. The zero-order valence-corrected chi connectivity index (χ0v) is 18.1. The van der Waals surface area contributed by atoms with Crippen LogP contribution in [0.4, 0.5) is 5.69 Å². The fraction of sp³-hybridized carbons (Fsp3) is 0.296. The highest BCUT2D eigenvalue weighted by molar-refractivity contribution is 6.00. The standard InChI is InChI=1S/C27H30N2O2/c1-21-13-14-26(29-15-7-8-16-29)25(17-21)27(30)28-18-23-11-5-6-12-24(23)20-31-19-22-9-3-2-4-10-22/h2-6,9-14,17H,7-8,15-16,18-20H2,1H3,(H,28,30). The highest BCUT2D eigenvalue weighted by Gasteiger charge is 2.19. The molecule has 4 heteroatoms. The number of carbonyl (C=O) groups excluding carboxylic acids is 1. The summed E-state index contributed by atoms with van der Waals surface area (Å²) in [5, 5.41) is 3.13. The summed E-state index contributed by atoms with van der Waals surface area (Å²) >= 11 is 0. The molecular formula is C27H30N2O2. The third-order valence-corrected chi connectivity index (χ3v) is 5.77. The van der Waals surface area contributed by atoms with Gasteiger partial charge in [0.1, 0.15) is 0 Å². The van der Waals surface area contributed by atoms with Crippen LogP contribution >= 0.6 is 0 Å². The number of hydrogen-bond acceptors (Lipinski definition) is 3. The molecule has 0 radical (unpaired) electrons. The molecule has 0 aliphatic carbocycles. The van der Waals surface area contributed by atoms with E-state index in [0.29, 0.717) is 19.8 Å². The Labute approximate surface area is 184 Å². The summed E-state index contributed by atoms with van der Waals surface area (Å²) in [4.78, 5) is 15.4. The molecule has 160 valence electrons. The van der Waals surface area contributed by atoms with Crippen LogP contribution in [0.25, 0.3) is 0 Å². The molecule has 0 spiro atoms. The largest absolute Gasteiger partial charge is 0.372 e. The zero-order chi connectivity index (χ0) is 21.5. The van der Waals surface area contributed by atoms with Gasteiger partial charge in [0, 0.05) is 25.3 Å². The number of aryl methyl sites for hydroxylation is 1. The molecule has 0 bridgehead atoms. The second-order valence-corrected chi connectivity index (χ2v) is 8.14. The smallest absolute Gasteiger partial charge is 0.253 e. The van der Waals surface area contributed by atoms with E-state index in [-0.39, 0.29) is 5.91 Å². The van der Waals surface area contributed by atoms with Crippen LogP contribution in [0.1, 0.15) is 45.5 Å². The Hall–Kier alpha value is -3.11. The van der Waals surface area contributed by atoms with Gasteiger partial charge in [0.25, 0.3) is 5.91 Å². The van der Waals surface area contributed by atoms with Crippen molar-refractivity contribution in [2.45, 2.75) is 39.5 Å². The quantitative estimate of drug-likeness (QED) is 0.548. The molecule has 1 N–H and O–H groups in total. The van der Waals surface area contributed by atoms with E-state index in [9.17, 15) is 4.79 Å². The molecule has 1 aliphatic rings. The van der Waals surface area contributed by atoms with E-state index >= 15 is 0 Å². The summed E-state index contributed by atoms with van der Waals surface area (Å²) in [6.07, 6.45) is 2.37. The number of nitrogens with one attached hydrogen (secondary N) is 1. The number of nitrogens with zero attached hydrogens (tertiary/aromatic N) is 1. The predicted molar refractivity (Wildman–Crippen MR) is 125 cm³/mol. The van der Waals surface area contributed by atoms with Crippen molar-refractivity contribution in [1.82, 2.24) is 5.32 Å². The van der Waals surface area contributed by atoms with Crippen LogP contribution in [-0.4, -0.2) is 19.0 Å². The van der Waals surface area contributed by atoms with E-state index < -0.39 is 0 Å². The summed E-state index contributed by atoms with van der Waals surface area (Å²) in [5.41, 5.74) is 6.24. The number of amides is 1. The predicted octanol–water partition coefficient (Wildman–Crippen LogP) is 5.24. The minimum absolute atomic E-state index is 0.0226. The van der Waals surface area contributed by atoms with Crippen LogP contribution in [0.15, 0.2) is 72.8 Å².